The molecule has 0 saturated carbocycles. The van der Waals surface area contributed by atoms with E-state index in [4.69, 9.17) is 4.74 Å². The van der Waals surface area contributed by atoms with Crippen molar-refractivity contribution in [2.75, 3.05) is 18.0 Å². The van der Waals surface area contributed by atoms with Crippen molar-refractivity contribution in [1.29, 1.82) is 5.26 Å². The van der Waals surface area contributed by atoms with Gasteiger partial charge in [0.15, 0.2) is 5.60 Å². The van der Waals surface area contributed by atoms with Gasteiger partial charge in [-0.1, -0.05) is 30.3 Å². The van der Waals surface area contributed by atoms with Gasteiger partial charge in [0.2, 0.25) is 0 Å². The van der Waals surface area contributed by atoms with Crippen LogP contribution in [-0.2, 0) is 9.53 Å². The Morgan fingerprint density at radius 1 is 1.10 bits per heavy atom. The molecule has 144 valence electrons. The second kappa shape index (κ2) is 5.82. The quantitative estimate of drug-likeness (QED) is 0.678. The fraction of sp³-hybridized carbons (Fsp3) is 0.318. The third kappa shape index (κ3) is 2.21. The van der Waals surface area contributed by atoms with E-state index in [1.807, 2.05) is 35.2 Å². The van der Waals surface area contributed by atoms with E-state index in [0.29, 0.717) is 18.8 Å². The zero-order valence-electron chi connectivity index (χ0n) is 15.7. The third-order valence-corrected chi connectivity index (χ3v) is 6.38. The molecule has 0 N–H and O–H groups in total. The number of carbonyl (C=O) groups is 1. The molecule has 2 unspecified atom stereocenters. The van der Waals surface area contributed by atoms with Gasteiger partial charge in [-0.2, -0.15) is 10.4 Å². The second-order valence-electron chi connectivity index (χ2n) is 7.98. The van der Waals surface area contributed by atoms with Crippen LogP contribution < -0.4 is 4.90 Å². The Morgan fingerprint density at radius 3 is 2.72 bits per heavy atom. The van der Waals surface area contributed by atoms with Crippen LogP contribution in [0.25, 0.3) is 5.52 Å². The lowest BCUT2D eigenvalue weighted by atomic mass is 9.91. The number of hydrogen-bond acceptors (Lipinski definition) is 5. The van der Waals surface area contributed by atoms with Gasteiger partial charge in [0, 0.05) is 0 Å². The summed E-state index contributed by atoms with van der Waals surface area (Å²) in [5, 5.41) is 13.5. The first-order valence-corrected chi connectivity index (χ1v) is 9.87. The minimum atomic E-state index is -0.761. The molecule has 2 atom stereocenters. The number of benzene rings is 1. The predicted molar refractivity (Wildman–Crippen MR) is 105 cm³/mol. The molecule has 1 spiro atoms. The molecule has 3 saturated heterocycles. The van der Waals surface area contributed by atoms with Crippen molar-refractivity contribution in [2.45, 2.75) is 30.7 Å². The smallest absolute Gasteiger partial charge is 0.261 e. The van der Waals surface area contributed by atoms with Gasteiger partial charge in [-0.3, -0.25) is 4.79 Å². The number of rotatable bonds is 2. The molecule has 7 nitrogen and oxygen atoms in total. The molecule has 7 heteroatoms. The van der Waals surface area contributed by atoms with Gasteiger partial charge in [-0.25, -0.2) is 4.52 Å². The van der Waals surface area contributed by atoms with Gasteiger partial charge in [0.05, 0.1) is 36.5 Å². The Kier molecular flexibility index (Phi) is 3.32. The zero-order chi connectivity index (χ0) is 19.6. The maximum atomic E-state index is 13.4. The standard InChI is InChI=1S/C22H19N5O2/c23-12-16-6-7-18(19-10-11-24-27(16)19)25-13-22(14-25)21(28)26-17(8-9-20(26)29-22)15-4-2-1-3-5-15/h1-7,10-11,17,20H,8-9,13-14H2. The van der Waals surface area contributed by atoms with Crippen molar-refractivity contribution < 1.29 is 9.53 Å². The van der Waals surface area contributed by atoms with Crippen LogP contribution in [-0.4, -0.2) is 45.3 Å². The highest BCUT2D eigenvalue weighted by Gasteiger charge is 2.62. The summed E-state index contributed by atoms with van der Waals surface area (Å²) in [6, 6.07) is 18.1. The Morgan fingerprint density at radius 2 is 1.93 bits per heavy atom. The number of carbonyl (C=O) groups excluding carboxylic acids is 1. The molecule has 3 fully saturated rings. The van der Waals surface area contributed by atoms with Gasteiger partial charge in [-0.15, -0.1) is 0 Å². The number of aromatic nitrogens is 2. The first kappa shape index (κ1) is 16.6. The van der Waals surface area contributed by atoms with Crippen LogP contribution in [0.5, 0.6) is 0 Å². The van der Waals surface area contributed by atoms with Crippen LogP contribution >= 0.6 is 0 Å². The first-order valence-electron chi connectivity index (χ1n) is 9.87. The number of hydrogen-bond donors (Lipinski definition) is 0. The summed E-state index contributed by atoms with van der Waals surface area (Å²) in [7, 11) is 0. The summed E-state index contributed by atoms with van der Waals surface area (Å²) in [5.74, 6) is 0.100. The number of fused-ring (bicyclic) bond motifs is 2. The first-order chi connectivity index (χ1) is 14.2. The summed E-state index contributed by atoms with van der Waals surface area (Å²) in [5.41, 5.74) is 2.74. The van der Waals surface area contributed by atoms with E-state index in [9.17, 15) is 10.1 Å². The number of anilines is 1. The maximum Gasteiger partial charge on any atom is 0.261 e. The molecule has 2 aromatic heterocycles. The van der Waals surface area contributed by atoms with Crippen molar-refractivity contribution in [3.8, 4) is 6.07 Å². The summed E-state index contributed by atoms with van der Waals surface area (Å²) in [6.07, 6.45) is 3.36. The fourth-order valence-electron chi connectivity index (χ4n) is 5.02. The molecule has 29 heavy (non-hydrogen) atoms. The van der Waals surface area contributed by atoms with Gasteiger partial charge in [0.1, 0.15) is 18.0 Å². The molecule has 1 aromatic carbocycles. The average molecular weight is 385 g/mol. The van der Waals surface area contributed by atoms with E-state index in [0.717, 1.165) is 24.0 Å². The molecule has 1 amide bonds. The monoisotopic (exact) mass is 385 g/mol. The lowest BCUT2D eigenvalue weighted by Gasteiger charge is -2.47. The van der Waals surface area contributed by atoms with Crippen molar-refractivity contribution in [3.05, 3.63) is 66.0 Å². The van der Waals surface area contributed by atoms with E-state index in [1.54, 1.807) is 16.8 Å². The number of pyridine rings is 1. The summed E-state index contributed by atoms with van der Waals surface area (Å²) < 4.78 is 7.96. The van der Waals surface area contributed by atoms with Gasteiger partial charge < -0.3 is 14.5 Å². The van der Waals surface area contributed by atoms with E-state index < -0.39 is 5.60 Å². The molecule has 3 aliphatic rings. The molecule has 6 rings (SSSR count). The highest BCUT2D eigenvalue weighted by atomic mass is 16.6. The number of nitrogens with zero attached hydrogens (tertiary/aromatic N) is 5. The van der Waals surface area contributed by atoms with E-state index in [1.165, 1.54) is 5.56 Å². The highest BCUT2D eigenvalue weighted by molar-refractivity contribution is 5.92. The number of ether oxygens (including phenoxy) is 1. The van der Waals surface area contributed by atoms with Gasteiger partial charge >= 0.3 is 0 Å². The number of nitriles is 1. The van der Waals surface area contributed by atoms with E-state index >= 15 is 0 Å². The van der Waals surface area contributed by atoms with Crippen LogP contribution in [0.3, 0.4) is 0 Å². The van der Waals surface area contributed by atoms with Gasteiger partial charge in [-0.05, 0) is 36.6 Å². The van der Waals surface area contributed by atoms with E-state index in [2.05, 4.69) is 28.2 Å². The minimum Gasteiger partial charge on any atom is -0.363 e. The van der Waals surface area contributed by atoms with Crippen molar-refractivity contribution in [2.24, 2.45) is 0 Å². The molecule has 3 aliphatic heterocycles. The van der Waals surface area contributed by atoms with Crippen LogP contribution in [0.1, 0.15) is 30.1 Å². The molecule has 0 aliphatic carbocycles. The normalized spacial score (nSPS) is 24.7. The lowest BCUT2D eigenvalue weighted by molar-refractivity contribution is -0.140. The molecule has 0 bridgehead atoms. The van der Waals surface area contributed by atoms with Gasteiger partial charge in [0.25, 0.3) is 5.91 Å². The van der Waals surface area contributed by atoms with E-state index in [-0.39, 0.29) is 18.2 Å². The average Bonchev–Trinajstić information content (AvgIpc) is 3.42. The number of amides is 1. The van der Waals surface area contributed by atoms with Crippen LogP contribution in [0.4, 0.5) is 5.69 Å². The third-order valence-electron chi connectivity index (χ3n) is 6.38. The summed E-state index contributed by atoms with van der Waals surface area (Å²) >= 11 is 0. The second-order valence-corrected chi connectivity index (χ2v) is 7.98. The molecule has 0 radical (unpaired) electrons. The SMILES string of the molecule is N#Cc1ccc(N2CC3(C2)OC2CCC(c4ccccc4)N2C3=O)c2ccnn12. The van der Waals surface area contributed by atoms with Crippen molar-refractivity contribution in [3.63, 3.8) is 0 Å². The fourth-order valence-corrected chi connectivity index (χ4v) is 5.02. The molecule has 5 heterocycles. The lowest BCUT2D eigenvalue weighted by Crippen LogP contribution is -2.66. The van der Waals surface area contributed by atoms with Crippen molar-refractivity contribution in [1.82, 2.24) is 14.5 Å². The predicted octanol–water partition coefficient (Wildman–Crippen LogP) is 2.48. The summed E-state index contributed by atoms with van der Waals surface area (Å²) in [6.45, 7) is 1.04. The Hall–Kier alpha value is -3.37. The molecular weight excluding hydrogens is 366 g/mol. The maximum absolute atomic E-state index is 13.4. The minimum absolute atomic E-state index is 0.0959. The van der Waals surface area contributed by atoms with Crippen LogP contribution in [0.15, 0.2) is 54.7 Å². The molecule has 3 aromatic rings. The Balaban J connectivity index is 1.27. The molecular formula is C22H19N5O2. The highest BCUT2D eigenvalue weighted by Crippen LogP contribution is 2.48. The largest absolute Gasteiger partial charge is 0.363 e. The van der Waals surface area contributed by atoms with Crippen molar-refractivity contribution >= 4 is 17.1 Å². The Labute approximate surface area is 167 Å². The summed E-state index contributed by atoms with van der Waals surface area (Å²) in [4.78, 5) is 17.5. The van der Waals surface area contributed by atoms with Crippen LogP contribution in [0, 0.1) is 11.3 Å². The topological polar surface area (TPSA) is 73.9 Å². The Bertz CT molecular complexity index is 1160. The van der Waals surface area contributed by atoms with Crippen LogP contribution in [0.2, 0.25) is 0 Å². The zero-order valence-corrected chi connectivity index (χ0v) is 15.7.